The van der Waals surface area contributed by atoms with E-state index >= 15 is 0 Å². The first-order valence-corrected chi connectivity index (χ1v) is 11.3. The molecular formula is C24H47N. The first kappa shape index (κ1) is 24.4. The normalized spacial score (nSPS) is 12.2. The van der Waals surface area contributed by atoms with Crippen LogP contribution < -0.4 is 0 Å². The Balaban J connectivity index is 3.17. The SMILES string of the molecule is CCCCC/C=C\C/C=C\CCCCCCCCCCN(C)CCC. The molecule has 0 N–H and O–H groups in total. The van der Waals surface area contributed by atoms with E-state index in [-0.39, 0.29) is 0 Å². The van der Waals surface area contributed by atoms with Crippen molar-refractivity contribution in [2.24, 2.45) is 0 Å². The zero-order valence-electron chi connectivity index (χ0n) is 17.8. The van der Waals surface area contributed by atoms with Crippen molar-refractivity contribution in [1.29, 1.82) is 0 Å². The lowest BCUT2D eigenvalue weighted by atomic mass is 10.1. The average molecular weight is 350 g/mol. The fourth-order valence-corrected chi connectivity index (χ4v) is 3.22. The fourth-order valence-electron chi connectivity index (χ4n) is 3.22. The zero-order chi connectivity index (χ0) is 18.4. The molecule has 0 saturated carbocycles. The first-order chi connectivity index (χ1) is 12.3. The van der Waals surface area contributed by atoms with Crippen molar-refractivity contribution in [2.75, 3.05) is 20.1 Å². The van der Waals surface area contributed by atoms with Crippen LogP contribution in [0.5, 0.6) is 0 Å². The van der Waals surface area contributed by atoms with Gasteiger partial charge in [-0.15, -0.1) is 0 Å². The van der Waals surface area contributed by atoms with Gasteiger partial charge in [0.15, 0.2) is 0 Å². The topological polar surface area (TPSA) is 3.24 Å². The Hall–Kier alpha value is -0.560. The van der Waals surface area contributed by atoms with Crippen molar-refractivity contribution < 1.29 is 0 Å². The van der Waals surface area contributed by atoms with Crippen LogP contribution in [0.15, 0.2) is 24.3 Å². The molecule has 0 aliphatic rings. The third-order valence-electron chi connectivity index (χ3n) is 4.85. The molecule has 25 heavy (non-hydrogen) atoms. The van der Waals surface area contributed by atoms with Crippen LogP contribution in [0.2, 0.25) is 0 Å². The minimum absolute atomic E-state index is 1.12. The lowest BCUT2D eigenvalue weighted by Gasteiger charge is -2.14. The van der Waals surface area contributed by atoms with Crippen LogP contribution in [-0.4, -0.2) is 25.0 Å². The summed E-state index contributed by atoms with van der Waals surface area (Å²) in [6, 6.07) is 0. The maximum absolute atomic E-state index is 2.47. The maximum Gasteiger partial charge on any atom is -0.00218 e. The summed E-state index contributed by atoms with van der Waals surface area (Å²) in [7, 11) is 2.25. The highest BCUT2D eigenvalue weighted by atomic mass is 15.1. The second-order valence-electron chi connectivity index (χ2n) is 7.59. The minimum Gasteiger partial charge on any atom is -0.306 e. The molecule has 0 radical (unpaired) electrons. The van der Waals surface area contributed by atoms with Crippen molar-refractivity contribution >= 4 is 0 Å². The molecule has 0 atom stereocenters. The van der Waals surface area contributed by atoms with Gasteiger partial charge in [0.05, 0.1) is 0 Å². The van der Waals surface area contributed by atoms with E-state index in [1.807, 2.05) is 0 Å². The van der Waals surface area contributed by atoms with E-state index in [1.54, 1.807) is 0 Å². The summed E-state index contributed by atoms with van der Waals surface area (Å²) in [5, 5.41) is 0. The average Bonchev–Trinajstić information content (AvgIpc) is 2.61. The summed E-state index contributed by atoms with van der Waals surface area (Å²) in [6.45, 7) is 7.07. The summed E-state index contributed by atoms with van der Waals surface area (Å²) in [5.41, 5.74) is 0. The minimum atomic E-state index is 1.12. The molecular weight excluding hydrogens is 302 g/mol. The molecule has 0 aliphatic carbocycles. The number of allylic oxidation sites excluding steroid dienone is 4. The van der Waals surface area contributed by atoms with Gasteiger partial charge in [0.25, 0.3) is 0 Å². The number of unbranched alkanes of at least 4 members (excludes halogenated alkanes) is 11. The van der Waals surface area contributed by atoms with Crippen LogP contribution in [0.4, 0.5) is 0 Å². The van der Waals surface area contributed by atoms with Crippen molar-refractivity contribution in [3.63, 3.8) is 0 Å². The summed E-state index contributed by atoms with van der Waals surface area (Å²) in [5.74, 6) is 0. The second-order valence-corrected chi connectivity index (χ2v) is 7.59. The Bertz CT molecular complexity index is 292. The van der Waals surface area contributed by atoms with Gasteiger partial charge in [-0.25, -0.2) is 0 Å². The molecule has 0 aromatic heterocycles. The molecule has 0 aromatic carbocycles. The highest BCUT2D eigenvalue weighted by Gasteiger charge is 1.96. The largest absolute Gasteiger partial charge is 0.306 e. The molecule has 0 unspecified atom stereocenters. The van der Waals surface area contributed by atoms with E-state index in [2.05, 4.69) is 50.1 Å². The maximum atomic E-state index is 2.47. The van der Waals surface area contributed by atoms with Crippen molar-refractivity contribution in [1.82, 2.24) is 4.90 Å². The van der Waals surface area contributed by atoms with Crippen LogP contribution in [0.25, 0.3) is 0 Å². The number of rotatable bonds is 19. The van der Waals surface area contributed by atoms with Crippen LogP contribution in [0.3, 0.4) is 0 Å². The number of hydrogen-bond donors (Lipinski definition) is 0. The Morgan fingerprint density at radius 1 is 0.520 bits per heavy atom. The van der Waals surface area contributed by atoms with Crippen molar-refractivity contribution in [3.8, 4) is 0 Å². The van der Waals surface area contributed by atoms with Gasteiger partial charge in [-0.05, 0) is 65.1 Å². The standard InChI is InChI=1S/C24H47N/c1-4-6-7-8-9-10-11-12-13-14-15-16-17-18-19-20-21-22-24-25(3)23-5-2/h9-10,12-13H,4-8,11,14-24H2,1-3H3/b10-9-,13-12-. The molecule has 1 nitrogen and oxygen atoms in total. The molecule has 0 amide bonds. The lowest BCUT2D eigenvalue weighted by molar-refractivity contribution is 0.324. The predicted octanol–water partition coefficient (Wildman–Crippen LogP) is 7.92. The van der Waals surface area contributed by atoms with Crippen molar-refractivity contribution in [3.05, 3.63) is 24.3 Å². The predicted molar refractivity (Wildman–Crippen MR) is 116 cm³/mol. The lowest BCUT2D eigenvalue weighted by Crippen LogP contribution is -2.20. The Kier molecular flexibility index (Phi) is 21.0. The zero-order valence-corrected chi connectivity index (χ0v) is 17.8. The number of nitrogens with zero attached hydrogens (tertiary/aromatic N) is 1. The Morgan fingerprint density at radius 2 is 1.04 bits per heavy atom. The van der Waals surface area contributed by atoms with Gasteiger partial charge >= 0.3 is 0 Å². The summed E-state index contributed by atoms with van der Waals surface area (Å²) in [6.07, 6.45) is 29.7. The van der Waals surface area contributed by atoms with E-state index in [9.17, 15) is 0 Å². The monoisotopic (exact) mass is 349 g/mol. The number of hydrogen-bond acceptors (Lipinski definition) is 1. The van der Waals surface area contributed by atoms with E-state index in [0.717, 1.165) is 6.42 Å². The van der Waals surface area contributed by atoms with Gasteiger partial charge in [-0.1, -0.05) is 89.5 Å². The fraction of sp³-hybridized carbons (Fsp3) is 0.833. The molecule has 0 aromatic rings. The first-order valence-electron chi connectivity index (χ1n) is 11.3. The molecule has 0 bridgehead atoms. The van der Waals surface area contributed by atoms with Crippen LogP contribution in [-0.2, 0) is 0 Å². The van der Waals surface area contributed by atoms with Gasteiger partial charge < -0.3 is 4.90 Å². The van der Waals surface area contributed by atoms with Crippen molar-refractivity contribution in [2.45, 2.75) is 110 Å². The molecule has 1 heteroatoms. The summed E-state index contributed by atoms with van der Waals surface area (Å²) < 4.78 is 0. The molecule has 0 saturated heterocycles. The van der Waals surface area contributed by atoms with E-state index in [0.29, 0.717) is 0 Å². The summed E-state index contributed by atoms with van der Waals surface area (Å²) in [4.78, 5) is 2.47. The third kappa shape index (κ3) is 21.4. The highest BCUT2D eigenvalue weighted by molar-refractivity contribution is 4.92. The third-order valence-corrected chi connectivity index (χ3v) is 4.85. The molecule has 0 rings (SSSR count). The second kappa shape index (κ2) is 21.5. The van der Waals surface area contributed by atoms with Crippen LogP contribution in [0.1, 0.15) is 110 Å². The highest BCUT2D eigenvalue weighted by Crippen LogP contribution is 2.10. The molecule has 0 fully saturated rings. The molecule has 0 aliphatic heterocycles. The van der Waals surface area contributed by atoms with E-state index in [4.69, 9.17) is 0 Å². The van der Waals surface area contributed by atoms with E-state index < -0.39 is 0 Å². The van der Waals surface area contributed by atoms with Crippen LogP contribution >= 0.6 is 0 Å². The smallest absolute Gasteiger partial charge is 0.00218 e. The molecule has 0 spiro atoms. The van der Waals surface area contributed by atoms with Gasteiger partial charge in [-0.2, -0.15) is 0 Å². The van der Waals surface area contributed by atoms with Gasteiger partial charge in [-0.3, -0.25) is 0 Å². The van der Waals surface area contributed by atoms with Crippen LogP contribution in [0, 0.1) is 0 Å². The van der Waals surface area contributed by atoms with E-state index in [1.165, 1.54) is 103 Å². The van der Waals surface area contributed by atoms with Gasteiger partial charge in [0.1, 0.15) is 0 Å². The Morgan fingerprint density at radius 3 is 1.60 bits per heavy atom. The Labute approximate surface area is 160 Å². The summed E-state index contributed by atoms with van der Waals surface area (Å²) >= 11 is 0. The molecule has 0 heterocycles. The van der Waals surface area contributed by atoms with Gasteiger partial charge in [0, 0.05) is 0 Å². The molecule has 148 valence electrons. The quantitative estimate of drug-likeness (QED) is 0.169. The van der Waals surface area contributed by atoms with Gasteiger partial charge in [0.2, 0.25) is 0 Å².